The first-order chi connectivity index (χ1) is 8.84. The summed E-state index contributed by atoms with van der Waals surface area (Å²) in [5, 5.41) is 7.60. The molecule has 3 aromatic heterocycles. The summed E-state index contributed by atoms with van der Waals surface area (Å²) in [6.07, 6.45) is 3.25. The van der Waals surface area contributed by atoms with E-state index in [9.17, 15) is 0 Å². The lowest BCUT2D eigenvalue weighted by atomic mass is 10.2. The lowest BCUT2D eigenvalue weighted by Gasteiger charge is -2.11. The third-order valence-corrected chi connectivity index (χ3v) is 2.94. The highest BCUT2D eigenvalue weighted by molar-refractivity contribution is 5.37. The molecular weight excluding hydrogens is 228 g/mol. The number of hydrogen-bond acceptors (Lipinski definition) is 4. The van der Waals surface area contributed by atoms with E-state index in [0.717, 1.165) is 17.1 Å². The number of nitrogens with one attached hydrogen (secondary N) is 1. The summed E-state index contributed by atoms with van der Waals surface area (Å²) in [5.74, 6) is 0.931. The van der Waals surface area contributed by atoms with E-state index in [4.69, 9.17) is 4.42 Å². The van der Waals surface area contributed by atoms with Gasteiger partial charge in [0, 0.05) is 6.54 Å². The van der Waals surface area contributed by atoms with Crippen molar-refractivity contribution in [1.82, 2.24) is 19.9 Å². The zero-order chi connectivity index (χ0) is 12.4. The van der Waals surface area contributed by atoms with Crippen molar-refractivity contribution in [3.63, 3.8) is 0 Å². The van der Waals surface area contributed by atoms with Crippen molar-refractivity contribution in [2.45, 2.75) is 19.5 Å². The van der Waals surface area contributed by atoms with Gasteiger partial charge in [0.05, 0.1) is 18.0 Å². The standard InChI is InChI=1S/C13H14N4O/c1-10(12-5-3-7-18-12)14-8-11-4-2-6-13-15-9-16-17(11)13/h2-7,9-10,14H,8H2,1H3. The normalized spacial score (nSPS) is 12.9. The second-order valence-electron chi connectivity index (χ2n) is 4.17. The quantitative estimate of drug-likeness (QED) is 0.761. The molecule has 92 valence electrons. The summed E-state index contributed by atoms with van der Waals surface area (Å²) in [5.41, 5.74) is 1.93. The summed E-state index contributed by atoms with van der Waals surface area (Å²) >= 11 is 0. The molecule has 0 amide bonds. The van der Waals surface area contributed by atoms with E-state index in [-0.39, 0.29) is 6.04 Å². The van der Waals surface area contributed by atoms with Crippen LogP contribution >= 0.6 is 0 Å². The number of aromatic nitrogens is 3. The minimum atomic E-state index is 0.166. The minimum Gasteiger partial charge on any atom is -0.468 e. The molecule has 0 saturated heterocycles. The number of pyridine rings is 1. The van der Waals surface area contributed by atoms with Gasteiger partial charge in [-0.15, -0.1) is 0 Å². The number of hydrogen-bond donors (Lipinski definition) is 1. The Morgan fingerprint density at radius 3 is 3.11 bits per heavy atom. The van der Waals surface area contributed by atoms with E-state index in [1.807, 2.05) is 34.8 Å². The third-order valence-electron chi connectivity index (χ3n) is 2.94. The molecule has 0 radical (unpaired) electrons. The molecule has 0 saturated carbocycles. The molecule has 0 bridgehead atoms. The molecule has 3 rings (SSSR count). The Bertz CT molecular complexity index is 629. The maximum absolute atomic E-state index is 5.36. The highest BCUT2D eigenvalue weighted by atomic mass is 16.3. The summed E-state index contributed by atoms with van der Waals surface area (Å²) in [6, 6.07) is 9.98. The fraction of sp³-hybridized carbons (Fsp3) is 0.231. The van der Waals surface area contributed by atoms with Gasteiger partial charge in [-0.25, -0.2) is 9.50 Å². The van der Waals surface area contributed by atoms with Crippen LogP contribution < -0.4 is 5.32 Å². The Labute approximate surface area is 104 Å². The van der Waals surface area contributed by atoms with Gasteiger partial charge < -0.3 is 9.73 Å². The SMILES string of the molecule is CC(NCc1cccc2ncnn12)c1ccco1. The van der Waals surface area contributed by atoms with E-state index < -0.39 is 0 Å². The second-order valence-corrected chi connectivity index (χ2v) is 4.17. The average Bonchev–Trinajstić information content (AvgIpc) is 3.05. The summed E-state index contributed by atoms with van der Waals surface area (Å²) in [4.78, 5) is 4.16. The first-order valence-corrected chi connectivity index (χ1v) is 5.89. The number of nitrogens with zero attached hydrogens (tertiary/aromatic N) is 3. The zero-order valence-electron chi connectivity index (χ0n) is 10.1. The van der Waals surface area contributed by atoms with Gasteiger partial charge >= 0.3 is 0 Å². The average molecular weight is 242 g/mol. The predicted molar refractivity (Wildman–Crippen MR) is 66.9 cm³/mol. The van der Waals surface area contributed by atoms with Gasteiger partial charge in [0.25, 0.3) is 0 Å². The van der Waals surface area contributed by atoms with E-state index in [2.05, 4.69) is 22.3 Å². The minimum absolute atomic E-state index is 0.166. The highest BCUT2D eigenvalue weighted by Gasteiger charge is 2.08. The van der Waals surface area contributed by atoms with Crippen LogP contribution in [0.1, 0.15) is 24.4 Å². The van der Waals surface area contributed by atoms with Gasteiger partial charge in [0.1, 0.15) is 12.1 Å². The third kappa shape index (κ3) is 2.00. The van der Waals surface area contributed by atoms with Crippen LogP contribution in [0.2, 0.25) is 0 Å². The molecule has 0 aliphatic rings. The molecule has 0 spiro atoms. The van der Waals surface area contributed by atoms with Crippen molar-refractivity contribution in [3.05, 3.63) is 54.4 Å². The van der Waals surface area contributed by atoms with Crippen molar-refractivity contribution < 1.29 is 4.42 Å². The van der Waals surface area contributed by atoms with Crippen molar-refractivity contribution in [1.29, 1.82) is 0 Å². The number of furan rings is 1. The largest absolute Gasteiger partial charge is 0.468 e. The molecule has 1 atom stereocenters. The van der Waals surface area contributed by atoms with Crippen molar-refractivity contribution in [2.24, 2.45) is 0 Å². The van der Waals surface area contributed by atoms with Gasteiger partial charge in [-0.1, -0.05) is 6.07 Å². The van der Waals surface area contributed by atoms with Gasteiger partial charge in [0.2, 0.25) is 0 Å². The number of rotatable bonds is 4. The van der Waals surface area contributed by atoms with Gasteiger partial charge in [-0.05, 0) is 31.2 Å². The molecule has 5 nitrogen and oxygen atoms in total. The van der Waals surface area contributed by atoms with Crippen LogP contribution in [0.5, 0.6) is 0 Å². The Morgan fingerprint density at radius 1 is 1.33 bits per heavy atom. The van der Waals surface area contributed by atoms with Gasteiger partial charge in [-0.3, -0.25) is 0 Å². The maximum Gasteiger partial charge on any atom is 0.155 e. The van der Waals surface area contributed by atoms with E-state index >= 15 is 0 Å². The maximum atomic E-state index is 5.36. The fourth-order valence-corrected chi connectivity index (χ4v) is 1.93. The molecule has 0 aliphatic heterocycles. The summed E-state index contributed by atoms with van der Waals surface area (Å²) in [6.45, 7) is 2.78. The first kappa shape index (κ1) is 11.0. The monoisotopic (exact) mass is 242 g/mol. The highest BCUT2D eigenvalue weighted by Crippen LogP contribution is 2.13. The van der Waals surface area contributed by atoms with E-state index in [0.29, 0.717) is 6.54 Å². The molecule has 1 unspecified atom stereocenters. The van der Waals surface area contributed by atoms with Crippen molar-refractivity contribution in [2.75, 3.05) is 0 Å². The molecule has 1 N–H and O–H groups in total. The molecule has 3 aromatic rings. The van der Waals surface area contributed by atoms with Gasteiger partial charge in [-0.2, -0.15) is 5.10 Å². The smallest absolute Gasteiger partial charge is 0.155 e. The van der Waals surface area contributed by atoms with Crippen LogP contribution in [0.25, 0.3) is 5.65 Å². The Morgan fingerprint density at radius 2 is 2.28 bits per heavy atom. The second kappa shape index (κ2) is 4.62. The van der Waals surface area contributed by atoms with Crippen molar-refractivity contribution in [3.8, 4) is 0 Å². The molecule has 3 heterocycles. The first-order valence-electron chi connectivity index (χ1n) is 5.89. The molecule has 5 heteroatoms. The van der Waals surface area contributed by atoms with Crippen LogP contribution in [-0.4, -0.2) is 14.6 Å². The Hall–Kier alpha value is -2.14. The molecular formula is C13H14N4O. The Balaban J connectivity index is 1.75. The lowest BCUT2D eigenvalue weighted by Crippen LogP contribution is -2.19. The summed E-state index contributed by atoms with van der Waals surface area (Å²) in [7, 11) is 0. The molecule has 18 heavy (non-hydrogen) atoms. The summed E-state index contributed by atoms with van der Waals surface area (Å²) < 4.78 is 7.19. The molecule has 0 aliphatic carbocycles. The van der Waals surface area contributed by atoms with Gasteiger partial charge in [0.15, 0.2) is 5.65 Å². The van der Waals surface area contributed by atoms with Crippen LogP contribution in [0.15, 0.2) is 47.3 Å². The van der Waals surface area contributed by atoms with Crippen LogP contribution in [-0.2, 0) is 6.54 Å². The Kier molecular flexibility index (Phi) is 2.82. The fourth-order valence-electron chi connectivity index (χ4n) is 1.93. The lowest BCUT2D eigenvalue weighted by molar-refractivity contribution is 0.427. The zero-order valence-corrected chi connectivity index (χ0v) is 10.1. The van der Waals surface area contributed by atoms with Crippen LogP contribution in [0, 0.1) is 0 Å². The topological polar surface area (TPSA) is 55.4 Å². The molecule has 0 aromatic carbocycles. The van der Waals surface area contributed by atoms with E-state index in [1.165, 1.54) is 0 Å². The van der Waals surface area contributed by atoms with Crippen LogP contribution in [0.3, 0.4) is 0 Å². The van der Waals surface area contributed by atoms with E-state index in [1.54, 1.807) is 12.6 Å². The van der Waals surface area contributed by atoms with Crippen molar-refractivity contribution >= 4 is 5.65 Å². The van der Waals surface area contributed by atoms with Crippen LogP contribution in [0.4, 0.5) is 0 Å². The predicted octanol–water partition coefficient (Wildman–Crippen LogP) is 2.17. The molecule has 0 fully saturated rings. The number of fused-ring (bicyclic) bond motifs is 1.